The van der Waals surface area contributed by atoms with Gasteiger partial charge in [0.05, 0.1) is 5.41 Å². The summed E-state index contributed by atoms with van der Waals surface area (Å²) >= 11 is 0. The van der Waals surface area contributed by atoms with Crippen molar-refractivity contribution in [2.24, 2.45) is 0 Å². The summed E-state index contributed by atoms with van der Waals surface area (Å²) in [6.45, 7) is 0. The highest BCUT2D eigenvalue weighted by molar-refractivity contribution is 6.09. The highest BCUT2D eigenvalue weighted by atomic mass is 16.6. The maximum absolute atomic E-state index is 7.12. The van der Waals surface area contributed by atoms with E-state index in [0.29, 0.717) is 40.5 Å². The number of ether oxygens (including phenoxy) is 2. The van der Waals surface area contributed by atoms with Crippen LogP contribution in [-0.4, -0.2) is 15.0 Å². The zero-order valence-corrected chi connectivity index (χ0v) is 37.8. The van der Waals surface area contributed by atoms with Gasteiger partial charge in [-0.25, -0.2) is 15.0 Å². The van der Waals surface area contributed by atoms with Crippen LogP contribution in [0.15, 0.2) is 229 Å². The molecule has 330 valence electrons. The van der Waals surface area contributed by atoms with Crippen molar-refractivity contribution in [3.05, 3.63) is 253 Å². The molecule has 3 aliphatic rings. The molecule has 0 spiro atoms. The van der Waals surface area contributed by atoms with Gasteiger partial charge in [0.15, 0.2) is 40.5 Å². The van der Waals surface area contributed by atoms with Crippen LogP contribution in [0.5, 0.6) is 23.0 Å². The van der Waals surface area contributed by atoms with E-state index >= 15 is 0 Å². The van der Waals surface area contributed by atoms with Crippen molar-refractivity contribution in [3.8, 4) is 79.2 Å². The van der Waals surface area contributed by atoms with Gasteiger partial charge in [0, 0.05) is 44.2 Å². The lowest BCUT2D eigenvalue weighted by Gasteiger charge is -2.34. The maximum Gasteiger partial charge on any atom is 0.178 e. The van der Waals surface area contributed by atoms with Gasteiger partial charge in [-0.1, -0.05) is 206 Å². The predicted octanol–water partition coefficient (Wildman–Crippen LogP) is 16.4. The van der Waals surface area contributed by atoms with Crippen LogP contribution in [-0.2, 0) is 5.41 Å². The number of rotatable bonds is 7. The minimum absolute atomic E-state index is 0.564. The molecule has 0 amide bonds. The number of nitrogens with zero attached hydrogens (tertiary/aromatic N) is 3. The second-order valence-electron chi connectivity index (χ2n) is 18.0. The van der Waals surface area contributed by atoms with E-state index in [1.54, 1.807) is 0 Å². The van der Waals surface area contributed by atoms with Crippen molar-refractivity contribution in [3.63, 3.8) is 0 Å². The Kier molecular flexibility index (Phi) is 9.14. The van der Waals surface area contributed by atoms with E-state index in [1.807, 2.05) is 42.5 Å². The first kappa shape index (κ1) is 40.0. The van der Waals surface area contributed by atoms with Gasteiger partial charge in [-0.15, -0.1) is 0 Å². The van der Waals surface area contributed by atoms with Gasteiger partial charge in [-0.05, 0) is 70.0 Å². The van der Waals surface area contributed by atoms with Crippen LogP contribution in [0.25, 0.3) is 83.7 Å². The Morgan fingerprint density at radius 1 is 0.400 bits per heavy atom. The summed E-state index contributed by atoms with van der Waals surface area (Å²) in [5.41, 5.74) is 14.7. The van der Waals surface area contributed by atoms with E-state index < -0.39 is 5.41 Å². The minimum Gasteiger partial charge on any atom is -0.455 e. The van der Waals surface area contributed by atoms with Crippen molar-refractivity contribution in [1.82, 2.24) is 15.0 Å². The molecule has 2 aliphatic carbocycles. The van der Waals surface area contributed by atoms with Crippen LogP contribution < -0.4 is 9.47 Å². The fraction of sp³-hybridized carbons (Fsp3) is 0.0469. The first-order valence-corrected chi connectivity index (χ1v) is 23.8. The summed E-state index contributed by atoms with van der Waals surface area (Å²) in [6.07, 6.45) is 8.41. The first-order chi connectivity index (χ1) is 34.7. The van der Waals surface area contributed by atoms with E-state index in [-0.39, 0.29) is 0 Å². The van der Waals surface area contributed by atoms with Crippen LogP contribution in [0, 0.1) is 0 Å². The number of para-hydroxylation sites is 3. The number of benzene rings is 9. The van der Waals surface area contributed by atoms with Gasteiger partial charge in [0.2, 0.25) is 0 Å². The quantitative estimate of drug-likeness (QED) is 0.159. The Labute approximate surface area is 404 Å². The maximum atomic E-state index is 7.12. The molecule has 11 aromatic rings. The minimum atomic E-state index is -0.564. The number of aromatic nitrogens is 3. The lowest BCUT2D eigenvalue weighted by molar-refractivity contribution is 0.361. The van der Waals surface area contributed by atoms with Gasteiger partial charge < -0.3 is 13.9 Å². The Morgan fingerprint density at radius 3 is 1.81 bits per heavy atom. The smallest absolute Gasteiger partial charge is 0.178 e. The number of hydrogen-bond acceptors (Lipinski definition) is 6. The molecule has 70 heavy (non-hydrogen) atoms. The Morgan fingerprint density at radius 2 is 1.01 bits per heavy atom. The molecule has 2 aromatic heterocycles. The molecule has 6 heteroatoms. The molecule has 0 saturated heterocycles. The second kappa shape index (κ2) is 16.0. The Hall–Kier alpha value is -9.13. The zero-order chi connectivity index (χ0) is 46.2. The highest BCUT2D eigenvalue weighted by Gasteiger charge is 2.48. The molecule has 0 radical (unpaired) electrons. The van der Waals surface area contributed by atoms with E-state index in [9.17, 15) is 0 Å². The van der Waals surface area contributed by atoms with Gasteiger partial charge in [-0.2, -0.15) is 0 Å². The zero-order valence-electron chi connectivity index (χ0n) is 37.8. The van der Waals surface area contributed by atoms with Crippen LogP contribution in [0.3, 0.4) is 0 Å². The molecule has 0 unspecified atom stereocenters. The molecule has 6 nitrogen and oxygen atoms in total. The third-order valence-electron chi connectivity index (χ3n) is 14.1. The first-order valence-electron chi connectivity index (χ1n) is 23.8. The average Bonchev–Trinajstić information content (AvgIpc) is 3.98. The molecular formula is C64H41N3O3. The fourth-order valence-electron chi connectivity index (χ4n) is 11.0. The average molecular weight is 900 g/mol. The second-order valence-corrected chi connectivity index (χ2v) is 18.0. The van der Waals surface area contributed by atoms with Crippen molar-refractivity contribution in [2.45, 2.75) is 18.3 Å². The third kappa shape index (κ3) is 6.16. The summed E-state index contributed by atoms with van der Waals surface area (Å²) in [5, 5.41) is 2.20. The van der Waals surface area contributed by atoms with Crippen molar-refractivity contribution >= 4 is 27.5 Å². The van der Waals surface area contributed by atoms with E-state index in [4.69, 9.17) is 28.8 Å². The number of fused-ring (bicyclic) bond motifs is 9. The van der Waals surface area contributed by atoms with E-state index in [1.165, 1.54) is 16.7 Å². The number of hydrogen-bond donors (Lipinski definition) is 0. The molecule has 9 aromatic carbocycles. The molecule has 0 N–H and O–H groups in total. The van der Waals surface area contributed by atoms with Crippen LogP contribution in [0.2, 0.25) is 0 Å². The van der Waals surface area contributed by atoms with Crippen LogP contribution in [0.1, 0.15) is 40.9 Å². The summed E-state index contributed by atoms with van der Waals surface area (Å²) in [4.78, 5) is 15.6. The summed E-state index contributed by atoms with van der Waals surface area (Å²) in [7, 11) is 0. The van der Waals surface area contributed by atoms with Gasteiger partial charge in [0.1, 0.15) is 11.2 Å². The van der Waals surface area contributed by atoms with Crippen molar-refractivity contribution in [1.29, 1.82) is 0 Å². The topological polar surface area (TPSA) is 70.3 Å². The molecule has 0 fully saturated rings. The SMILES string of the molecule is C1=CC(c2nc(-c3ccc(-c4cccc5c4oc4ccccc45)cc3)nc(-c3ccccc3-c3cccc4c3Oc3ccc5c(c3O4)-c3ccccc3C5(c3ccccc3)c3ccccc3)n2)=CCC1. The van der Waals surface area contributed by atoms with Crippen molar-refractivity contribution < 1.29 is 13.9 Å². The molecule has 0 saturated carbocycles. The van der Waals surface area contributed by atoms with Crippen molar-refractivity contribution in [2.75, 3.05) is 0 Å². The Balaban J connectivity index is 0.872. The number of furan rings is 1. The molecule has 3 heterocycles. The monoisotopic (exact) mass is 899 g/mol. The predicted molar refractivity (Wildman–Crippen MR) is 279 cm³/mol. The number of allylic oxidation sites excluding steroid dienone is 4. The molecule has 1 aliphatic heterocycles. The summed E-state index contributed by atoms with van der Waals surface area (Å²) in [6, 6.07) is 71.9. The van der Waals surface area contributed by atoms with Gasteiger partial charge >= 0.3 is 0 Å². The van der Waals surface area contributed by atoms with Crippen LogP contribution >= 0.6 is 0 Å². The highest BCUT2D eigenvalue weighted by Crippen LogP contribution is 2.63. The summed E-state index contributed by atoms with van der Waals surface area (Å²) in [5.74, 6) is 4.41. The Bertz CT molecular complexity index is 3910. The lowest BCUT2D eigenvalue weighted by Crippen LogP contribution is -2.28. The van der Waals surface area contributed by atoms with Gasteiger partial charge in [-0.3, -0.25) is 0 Å². The van der Waals surface area contributed by atoms with Crippen LogP contribution in [0.4, 0.5) is 0 Å². The van der Waals surface area contributed by atoms with Gasteiger partial charge in [0.25, 0.3) is 0 Å². The molecular weight excluding hydrogens is 859 g/mol. The fourth-order valence-corrected chi connectivity index (χ4v) is 11.0. The van der Waals surface area contributed by atoms with E-state index in [2.05, 4.69) is 182 Å². The lowest BCUT2D eigenvalue weighted by atomic mass is 9.68. The third-order valence-corrected chi connectivity index (χ3v) is 14.1. The van der Waals surface area contributed by atoms with E-state index in [0.717, 1.165) is 90.4 Å². The molecule has 14 rings (SSSR count). The molecule has 0 bridgehead atoms. The summed E-state index contributed by atoms with van der Waals surface area (Å²) < 4.78 is 20.6. The standard InChI is InChI=1S/C64H41N3O3/c1-4-18-41(19-5-1)61-65-62(42-36-34-40(35-37-42)45-28-16-29-49-47-25-13-15-32-54(47)68-58(45)49)67-63(66-61)50-26-11-10-24-46(50)48-30-17-33-55-59(48)69-56-39-38-53-57(60(56)70-55)51-27-12-14-31-52(51)64(53,43-20-6-2-7-21-43)44-22-8-3-9-23-44/h2-4,6-39H,1,5H2. The largest absolute Gasteiger partial charge is 0.455 e. The normalized spacial score (nSPS) is 14.0. The molecule has 0 atom stereocenters.